The lowest BCUT2D eigenvalue weighted by atomic mass is 10.00. The molecule has 0 spiro atoms. The van der Waals surface area contributed by atoms with Crippen molar-refractivity contribution < 1.29 is 9.53 Å². The monoisotopic (exact) mass is 200 g/mol. The summed E-state index contributed by atoms with van der Waals surface area (Å²) in [5.74, 6) is 0.557. The summed E-state index contributed by atoms with van der Waals surface area (Å²) in [5, 5.41) is 0. The van der Waals surface area contributed by atoms with Crippen LogP contribution in [0.2, 0.25) is 0 Å². The van der Waals surface area contributed by atoms with Crippen molar-refractivity contribution in [3.63, 3.8) is 0 Å². The molecule has 0 aromatic rings. The zero-order valence-electron chi connectivity index (χ0n) is 8.87. The number of ether oxygens (including phenoxy) is 1. The van der Waals surface area contributed by atoms with Crippen LogP contribution in [0.4, 0.5) is 4.79 Å². The molecule has 0 bridgehead atoms. The minimum atomic E-state index is -0.200. The van der Waals surface area contributed by atoms with Crippen LogP contribution in [0.25, 0.3) is 0 Å². The molecule has 0 aromatic carbocycles. The minimum Gasteiger partial charge on any atom is -0.453 e. The van der Waals surface area contributed by atoms with Gasteiger partial charge < -0.3 is 15.4 Å². The van der Waals surface area contributed by atoms with Gasteiger partial charge in [0.25, 0.3) is 0 Å². The fourth-order valence-corrected chi connectivity index (χ4v) is 2.00. The normalized spacial score (nSPS) is 23.0. The van der Waals surface area contributed by atoms with E-state index in [2.05, 4.69) is 0 Å². The maximum atomic E-state index is 11.3. The number of carbonyl (C=O) groups excluding carboxylic acids is 1. The number of methoxy groups -OCH3 is 1. The number of nitrogens with two attached hydrogens (primary N) is 1. The van der Waals surface area contributed by atoms with Gasteiger partial charge in [-0.15, -0.1) is 0 Å². The summed E-state index contributed by atoms with van der Waals surface area (Å²) in [6, 6.07) is 0. The molecule has 0 aromatic heterocycles. The second-order valence-electron chi connectivity index (χ2n) is 3.86. The Bertz CT molecular complexity index is 185. The van der Waals surface area contributed by atoms with Gasteiger partial charge in [0.2, 0.25) is 0 Å². The van der Waals surface area contributed by atoms with Crippen molar-refractivity contribution in [1.82, 2.24) is 4.90 Å². The molecule has 1 aliphatic heterocycles. The summed E-state index contributed by atoms with van der Waals surface area (Å²) in [7, 11) is 1.44. The predicted octanol–water partition coefficient (Wildman–Crippen LogP) is 1.20. The Kier molecular flexibility index (Phi) is 4.73. The van der Waals surface area contributed by atoms with Crippen molar-refractivity contribution in [2.75, 3.05) is 26.7 Å². The quantitative estimate of drug-likeness (QED) is 0.728. The van der Waals surface area contributed by atoms with Crippen LogP contribution >= 0.6 is 0 Å². The maximum absolute atomic E-state index is 11.3. The van der Waals surface area contributed by atoms with Crippen molar-refractivity contribution in [3.05, 3.63) is 0 Å². The molecule has 1 atom stereocenters. The molecule has 4 heteroatoms. The number of hydrogen-bond donors (Lipinski definition) is 1. The highest BCUT2D eigenvalue weighted by Gasteiger charge is 2.21. The summed E-state index contributed by atoms with van der Waals surface area (Å²) in [4.78, 5) is 13.1. The third-order valence-electron chi connectivity index (χ3n) is 2.78. The number of amides is 1. The Morgan fingerprint density at radius 1 is 1.57 bits per heavy atom. The number of nitrogens with zero attached hydrogens (tertiary/aromatic N) is 1. The first-order valence-corrected chi connectivity index (χ1v) is 5.31. The molecular formula is C10H20N2O2. The highest BCUT2D eigenvalue weighted by Crippen LogP contribution is 2.19. The van der Waals surface area contributed by atoms with E-state index in [1.807, 2.05) is 0 Å². The van der Waals surface area contributed by atoms with Gasteiger partial charge in [0.05, 0.1) is 7.11 Å². The molecular weight excluding hydrogens is 180 g/mol. The fraction of sp³-hybridized carbons (Fsp3) is 0.900. The van der Waals surface area contributed by atoms with Gasteiger partial charge in [-0.2, -0.15) is 0 Å². The fourth-order valence-electron chi connectivity index (χ4n) is 2.00. The molecule has 2 N–H and O–H groups in total. The van der Waals surface area contributed by atoms with Gasteiger partial charge in [0.15, 0.2) is 0 Å². The van der Waals surface area contributed by atoms with Gasteiger partial charge >= 0.3 is 6.09 Å². The maximum Gasteiger partial charge on any atom is 0.409 e. The van der Waals surface area contributed by atoms with E-state index in [1.165, 1.54) is 20.0 Å². The van der Waals surface area contributed by atoms with E-state index in [1.54, 1.807) is 4.90 Å². The first-order chi connectivity index (χ1) is 6.77. The highest BCUT2D eigenvalue weighted by atomic mass is 16.5. The van der Waals surface area contributed by atoms with Crippen LogP contribution in [0.1, 0.15) is 25.7 Å². The molecule has 82 valence electrons. The summed E-state index contributed by atoms with van der Waals surface area (Å²) in [5.41, 5.74) is 5.53. The van der Waals surface area contributed by atoms with Crippen molar-refractivity contribution in [1.29, 1.82) is 0 Å². The summed E-state index contributed by atoms with van der Waals surface area (Å²) in [6.45, 7) is 2.34. The average Bonchev–Trinajstić information content (AvgIpc) is 2.43. The third-order valence-corrected chi connectivity index (χ3v) is 2.78. The van der Waals surface area contributed by atoms with Crippen LogP contribution in [-0.2, 0) is 4.74 Å². The van der Waals surface area contributed by atoms with Gasteiger partial charge in [-0.25, -0.2) is 4.79 Å². The van der Waals surface area contributed by atoms with Crippen LogP contribution in [0.5, 0.6) is 0 Å². The molecule has 1 heterocycles. The second kappa shape index (κ2) is 5.86. The molecule has 0 saturated carbocycles. The van der Waals surface area contributed by atoms with Crippen molar-refractivity contribution in [2.24, 2.45) is 11.7 Å². The number of carbonyl (C=O) groups is 1. The van der Waals surface area contributed by atoms with E-state index in [4.69, 9.17) is 10.5 Å². The minimum absolute atomic E-state index is 0.200. The standard InChI is InChI=1S/C10H20N2O2/c1-14-10(13)12-7-3-2-4-9(8-12)5-6-11/h9H,2-8,11H2,1H3. The molecule has 4 nitrogen and oxygen atoms in total. The summed E-state index contributed by atoms with van der Waals surface area (Å²) >= 11 is 0. The third kappa shape index (κ3) is 3.18. The number of rotatable bonds is 2. The lowest BCUT2D eigenvalue weighted by Gasteiger charge is -2.22. The zero-order valence-corrected chi connectivity index (χ0v) is 8.87. The Morgan fingerprint density at radius 2 is 2.36 bits per heavy atom. The molecule has 1 saturated heterocycles. The van der Waals surface area contributed by atoms with Gasteiger partial charge in [-0.05, 0) is 31.7 Å². The topological polar surface area (TPSA) is 55.6 Å². The second-order valence-corrected chi connectivity index (χ2v) is 3.86. The van der Waals surface area contributed by atoms with Gasteiger partial charge in [-0.3, -0.25) is 0 Å². The number of likely N-dealkylation sites (tertiary alicyclic amines) is 1. The Hall–Kier alpha value is -0.770. The Balaban J connectivity index is 2.46. The van der Waals surface area contributed by atoms with Gasteiger partial charge in [0.1, 0.15) is 0 Å². The molecule has 1 fully saturated rings. The molecule has 1 rings (SSSR count). The average molecular weight is 200 g/mol. The first kappa shape index (κ1) is 11.3. The zero-order chi connectivity index (χ0) is 10.4. The van der Waals surface area contributed by atoms with E-state index in [0.717, 1.165) is 25.9 Å². The van der Waals surface area contributed by atoms with Crippen LogP contribution in [0.3, 0.4) is 0 Å². The van der Waals surface area contributed by atoms with Crippen LogP contribution < -0.4 is 5.73 Å². The van der Waals surface area contributed by atoms with Crippen LogP contribution in [-0.4, -0.2) is 37.7 Å². The van der Waals surface area contributed by atoms with Gasteiger partial charge in [-0.1, -0.05) is 6.42 Å². The SMILES string of the molecule is COC(=O)N1CCCCC(CCN)C1. The predicted molar refractivity (Wildman–Crippen MR) is 55.0 cm³/mol. The first-order valence-electron chi connectivity index (χ1n) is 5.31. The van der Waals surface area contributed by atoms with Crippen molar-refractivity contribution in [2.45, 2.75) is 25.7 Å². The van der Waals surface area contributed by atoms with E-state index < -0.39 is 0 Å². The van der Waals surface area contributed by atoms with Crippen molar-refractivity contribution >= 4 is 6.09 Å². The molecule has 1 aliphatic rings. The molecule has 0 radical (unpaired) electrons. The number of hydrogen-bond acceptors (Lipinski definition) is 3. The molecule has 1 amide bonds. The van der Waals surface area contributed by atoms with E-state index in [9.17, 15) is 4.79 Å². The Labute approximate surface area is 85.4 Å². The molecule has 1 unspecified atom stereocenters. The largest absolute Gasteiger partial charge is 0.453 e. The van der Waals surface area contributed by atoms with Crippen LogP contribution in [0.15, 0.2) is 0 Å². The smallest absolute Gasteiger partial charge is 0.409 e. The van der Waals surface area contributed by atoms with Crippen molar-refractivity contribution in [3.8, 4) is 0 Å². The summed E-state index contributed by atoms with van der Waals surface area (Å²) < 4.78 is 4.73. The molecule has 0 aliphatic carbocycles. The van der Waals surface area contributed by atoms with Crippen LogP contribution in [0, 0.1) is 5.92 Å². The van der Waals surface area contributed by atoms with Gasteiger partial charge in [0, 0.05) is 13.1 Å². The van der Waals surface area contributed by atoms with E-state index >= 15 is 0 Å². The molecule has 14 heavy (non-hydrogen) atoms. The lowest BCUT2D eigenvalue weighted by molar-refractivity contribution is 0.119. The summed E-state index contributed by atoms with van der Waals surface area (Å²) in [6.07, 6.45) is 4.26. The van der Waals surface area contributed by atoms with E-state index in [0.29, 0.717) is 12.5 Å². The van der Waals surface area contributed by atoms with E-state index in [-0.39, 0.29) is 6.09 Å². The lowest BCUT2D eigenvalue weighted by Crippen LogP contribution is -2.34. The Morgan fingerprint density at radius 3 is 3.00 bits per heavy atom. The highest BCUT2D eigenvalue weighted by molar-refractivity contribution is 5.67.